The molecule has 1 aliphatic heterocycles. The van der Waals surface area contributed by atoms with Crippen molar-refractivity contribution < 1.29 is 18.8 Å². The molecule has 0 saturated carbocycles. The Morgan fingerprint density at radius 1 is 1.03 bits per heavy atom. The van der Waals surface area contributed by atoms with Crippen LogP contribution in [-0.2, 0) is 16.1 Å². The third-order valence-electron chi connectivity index (χ3n) is 5.61. The van der Waals surface area contributed by atoms with Gasteiger partial charge in [0.1, 0.15) is 5.75 Å². The van der Waals surface area contributed by atoms with Gasteiger partial charge in [0.15, 0.2) is 0 Å². The van der Waals surface area contributed by atoms with Crippen LogP contribution in [0.15, 0.2) is 53.1 Å². The normalized spacial score (nSPS) is 14.6. The van der Waals surface area contributed by atoms with Crippen LogP contribution in [0.25, 0.3) is 11.4 Å². The zero-order chi connectivity index (χ0) is 23.2. The highest BCUT2D eigenvalue weighted by Gasteiger charge is 2.26. The topological polar surface area (TPSA) is 110 Å². The highest BCUT2D eigenvalue weighted by Crippen LogP contribution is 2.23. The molecule has 0 bridgehead atoms. The molecule has 0 atom stereocenters. The van der Waals surface area contributed by atoms with Gasteiger partial charge < -0.3 is 19.9 Å². The SMILES string of the molecule is COc1ccc(-c2noc(CN3CCC(C(=O)Nc4ccc(NC(C)=O)cc4)CC3)n2)cc1. The number of benzene rings is 2. The number of hydrogen-bond acceptors (Lipinski definition) is 7. The van der Waals surface area contributed by atoms with Crippen molar-refractivity contribution in [3.8, 4) is 17.1 Å². The summed E-state index contributed by atoms with van der Waals surface area (Å²) >= 11 is 0. The molecule has 1 aromatic heterocycles. The van der Waals surface area contributed by atoms with Crippen LogP contribution in [0, 0.1) is 5.92 Å². The minimum Gasteiger partial charge on any atom is -0.497 e. The van der Waals surface area contributed by atoms with Gasteiger partial charge in [-0.15, -0.1) is 0 Å². The Labute approximate surface area is 192 Å². The third-order valence-corrected chi connectivity index (χ3v) is 5.61. The molecular weight excluding hydrogens is 422 g/mol. The molecule has 2 amide bonds. The number of anilines is 2. The van der Waals surface area contributed by atoms with Gasteiger partial charge in [0.2, 0.25) is 23.5 Å². The van der Waals surface area contributed by atoms with Crippen molar-refractivity contribution in [3.05, 3.63) is 54.4 Å². The van der Waals surface area contributed by atoms with Crippen LogP contribution < -0.4 is 15.4 Å². The van der Waals surface area contributed by atoms with Gasteiger partial charge in [-0.05, 0) is 74.5 Å². The first-order valence-corrected chi connectivity index (χ1v) is 10.9. The number of rotatable bonds is 7. The number of methoxy groups -OCH3 is 1. The van der Waals surface area contributed by atoms with Gasteiger partial charge in [0.05, 0.1) is 13.7 Å². The van der Waals surface area contributed by atoms with Crippen LogP contribution in [0.2, 0.25) is 0 Å². The molecule has 2 aromatic carbocycles. The molecule has 1 aliphatic rings. The predicted molar refractivity (Wildman–Crippen MR) is 124 cm³/mol. The van der Waals surface area contributed by atoms with Gasteiger partial charge in [-0.1, -0.05) is 5.16 Å². The fourth-order valence-corrected chi connectivity index (χ4v) is 3.81. The maximum atomic E-state index is 12.7. The maximum absolute atomic E-state index is 12.7. The van der Waals surface area contributed by atoms with Crippen molar-refractivity contribution in [1.29, 1.82) is 0 Å². The average molecular weight is 450 g/mol. The minimum atomic E-state index is -0.129. The molecule has 0 unspecified atom stereocenters. The second-order valence-corrected chi connectivity index (χ2v) is 8.04. The van der Waals surface area contributed by atoms with Crippen LogP contribution >= 0.6 is 0 Å². The number of hydrogen-bond donors (Lipinski definition) is 2. The van der Waals surface area contributed by atoms with Gasteiger partial charge in [-0.2, -0.15) is 4.98 Å². The van der Waals surface area contributed by atoms with E-state index in [2.05, 4.69) is 25.7 Å². The van der Waals surface area contributed by atoms with Gasteiger partial charge >= 0.3 is 0 Å². The largest absolute Gasteiger partial charge is 0.497 e. The standard InChI is InChI=1S/C24H27N5O4/c1-16(30)25-19-5-7-20(8-6-19)26-24(31)18-11-13-29(14-12-18)15-22-27-23(28-33-22)17-3-9-21(32-2)10-4-17/h3-10,18H,11-15H2,1-2H3,(H,25,30)(H,26,31). The Hall–Kier alpha value is -3.72. The fourth-order valence-electron chi connectivity index (χ4n) is 3.81. The highest BCUT2D eigenvalue weighted by molar-refractivity contribution is 5.93. The van der Waals surface area contributed by atoms with Crippen molar-refractivity contribution in [2.24, 2.45) is 5.92 Å². The second-order valence-electron chi connectivity index (χ2n) is 8.04. The minimum absolute atomic E-state index is 0.0153. The second kappa shape index (κ2) is 10.3. The third kappa shape index (κ3) is 5.95. The summed E-state index contributed by atoms with van der Waals surface area (Å²) in [7, 11) is 1.63. The van der Waals surface area contributed by atoms with Crippen LogP contribution in [-0.4, -0.2) is 47.1 Å². The van der Waals surface area contributed by atoms with E-state index in [1.807, 2.05) is 24.3 Å². The molecule has 1 fully saturated rings. The number of aromatic nitrogens is 2. The van der Waals surface area contributed by atoms with E-state index < -0.39 is 0 Å². The quantitative estimate of drug-likeness (QED) is 0.568. The fraction of sp³-hybridized carbons (Fsp3) is 0.333. The van der Waals surface area contributed by atoms with E-state index >= 15 is 0 Å². The Kier molecular flexibility index (Phi) is 6.99. The lowest BCUT2D eigenvalue weighted by molar-refractivity contribution is -0.121. The lowest BCUT2D eigenvalue weighted by Crippen LogP contribution is -2.37. The van der Waals surface area contributed by atoms with E-state index in [4.69, 9.17) is 9.26 Å². The molecule has 0 aliphatic carbocycles. The van der Waals surface area contributed by atoms with Gasteiger partial charge in [-0.25, -0.2) is 0 Å². The zero-order valence-electron chi connectivity index (χ0n) is 18.7. The molecular formula is C24H27N5O4. The van der Waals surface area contributed by atoms with Crippen molar-refractivity contribution in [2.75, 3.05) is 30.8 Å². The summed E-state index contributed by atoms with van der Waals surface area (Å²) in [4.78, 5) is 30.5. The Balaban J connectivity index is 1.25. The highest BCUT2D eigenvalue weighted by atomic mass is 16.5. The lowest BCUT2D eigenvalue weighted by Gasteiger charge is -2.30. The lowest BCUT2D eigenvalue weighted by atomic mass is 9.96. The smallest absolute Gasteiger partial charge is 0.241 e. The summed E-state index contributed by atoms with van der Waals surface area (Å²) < 4.78 is 10.6. The first kappa shape index (κ1) is 22.5. The molecule has 0 radical (unpaired) electrons. The number of ether oxygens (including phenoxy) is 1. The number of nitrogens with zero attached hydrogens (tertiary/aromatic N) is 3. The van der Waals surface area contributed by atoms with E-state index in [9.17, 15) is 9.59 Å². The van der Waals surface area contributed by atoms with Crippen molar-refractivity contribution in [3.63, 3.8) is 0 Å². The van der Waals surface area contributed by atoms with Crippen LogP contribution in [0.5, 0.6) is 5.75 Å². The molecule has 2 N–H and O–H groups in total. The summed E-state index contributed by atoms with van der Waals surface area (Å²) in [5.74, 6) is 1.72. The molecule has 1 saturated heterocycles. The van der Waals surface area contributed by atoms with E-state index in [0.717, 1.165) is 37.2 Å². The maximum Gasteiger partial charge on any atom is 0.241 e. The molecule has 4 rings (SSSR count). The summed E-state index contributed by atoms with van der Waals surface area (Å²) in [6.07, 6.45) is 1.52. The van der Waals surface area contributed by atoms with Crippen LogP contribution in [0.1, 0.15) is 25.7 Å². The number of likely N-dealkylation sites (tertiary alicyclic amines) is 1. The van der Waals surface area contributed by atoms with Crippen LogP contribution in [0.4, 0.5) is 11.4 Å². The summed E-state index contributed by atoms with van der Waals surface area (Å²) in [5, 5.41) is 9.75. The Morgan fingerprint density at radius 3 is 2.27 bits per heavy atom. The van der Waals surface area contributed by atoms with E-state index in [1.165, 1.54) is 6.92 Å². The van der Waals surface area contributed by atoms with Gasteiger partial charge in [-0.3, -0.25) is 14.5 Å². The monoisotopic (exact) mass is 449 g/mol. The molecule has 2 heterocycles. The molecule has 33 heavy (non-hydrogen) atoms. The number of piperidine rings is 1. The molecule has 3 aromatic rings. The first-order chi connectivity index (χ1) is 16.0. The van der Waals surface area contributed by atoms with Crippen molar-refractivity contribution >= 4 is 23.2 Å². The molecule has 9 nitrogen and oxygen atoms in total. The predicted octanol–water partition coefficient (Wildman–Crippen LogP) is 3.55. The van der Waals surface area contributed by atoms with E-state index in [-0.39, 0.29) is 17.7 Å². The van der Waals surface area contributed by atoms with Crippen LogP contribution in [0.3, 0.4) is 0 Å². The van der Waals surface area contributed by atoms with Gasteiger partial charge in [0, 0.05) is 29.8 Å². The number of carbonyl (C=O) groups is 2. The average Bonchev–Trinajstić information content (AvgIpc) is 3.29. The number of nitrogens with one attached hydrogen (secondary N) is 2. The number of amides is 2. The first-order valence-electron chi connectivity index (χ1n) is 10.9. The number of carbonyl (C=O) groups excluding carboxylic acids is 2. The van der Waals surface area contributed by atoms with Crippen molar-refractivity contribution in [1.82, 2.24) is 15.0 Å². The van der Waals surface area contributed by atoms with E-state index in [0.29, 0.717) is 29.6 Å². The summed E-state index contributed by atoms with van der Waals surface area (Å²) in [6, 6.07) is 14.6. The van der Waals surface area contributed by atoms with Crippen molar-refractivity contribution in [2.45, 2.75) is 26.3 Å². The van der Waals surface area contributed by atoms with Gasteiger partial charge in [0.25, 0.3) is 0 Å². The molecule has 172 valence electrons. The van der Waals surface area contributed by atoms with E-state index in [1.54, 1.807) is 31.4 Å². The summed E-state index contributed by atoms with van der Waals surface area (Å²) in [5.41, 5.74) is 2.28. The molecule has 9 heteroatoms. The Morgan fingerprint density at radius 2 is 1.67 bits per heavy atom. The zero-order valence-corrected chi connectivity index (χ0v) is 18.7. The Bertz CT molecular complexity index is 1090. The molecule has 0 spiro atoms. The summed E-state index contributed by atoms with van der Waals surface area (Å²) in [6.45, 7) is 3.57.